The first-order chi connectivity index (χ1) is 7.19. The van der Waals surface area contributed by atoms with Gasteiger partial charge in [-0.05, 0) is 6.92 Å². The average molecular weight is 209 g/mol. The lowest BCUT2D eigenvalue weighted by Gasteiger charge is -2.05. The molecule has 0 spiro atoms. The van der Waals surface area contributed by atoms with Gasteiger partial charge in [0.05, 0.1) is 25.1 Å². The number of hydrogen-bond donors (Lipinski definition) is 0. The fraction of sp³-hybridized carbons (Fsp3) is 0.333. The Hall–Kier alpha value is -2.03. The molecule has 0 saturated carbocycles. The highest BCUT2D eigenvalue weighted by Gasteiger charge is 2.24. The minimum atomic E-state index is -1.20. The summed E-state index contributed by atoms with van der Waals surface area (Å²) in [6.07, 6.45) is 1.79. The topological polar surface area (TPSA) is 75.9 Å². The van der Waals surface area contributed by atoms with Crippen LogP contribution in [0.25, 0.3) is 0 Å². The summed E-state index contributed by atoms with van der Waals surface area (Å²) in [6, 6.07) is 1.70. The number of hydrogen-bond acceptors (Lipinski definition) is 5. The predicted octanol–water partition coefficient (Wildman–Crippen LogP) is 0.786. The Bertz CT molecular complexity index is 385. The molecular weight excluding hydrogens is 201 g/mol. The van der Waals surface area contributed by atoms with Gasteiger partial charge in [-0.3, -0.25) is 4.79 Å². The molecule has 78 valence electrons. The van der Waals surface area contributed by atoms with Crippen molar-refractivity contribution in [3.05, 3.63) is 24.0 Å². The van der Waals surface area contributed by atoms with E-state index < -0.39 is 17.7 Å². The normalized spacial score (nSPS) is 11.5. The van der Waals surface area contributed by atoms with Crippen molar-refractivity contribution in [1.82, 2.24) is 9.97 Å². The molecule has 0 aliphatic carbocycles. The molecule has 5 nitrogen and oxygen atoms in total. The fourth-order valence-electron chi connectivity index (χ4n) is 0.913. The van der Waals surface area contributed by atoms with Crippen molar-refractivity contribution in [1.29, 1.82) is 5.26 Å². The van der Waals surface area contributed by atoms with E-state index in [4.69, 9.17) is 5.26 Å². The van der Waals surface area contributed by atoms with Crippen molar-refractivity contribution < 1.29 is 13.9 Å². The zero-order valence-corrected chi connectivity index (χ0v) is 7.98. The number of nitrogens with zero attached hydrogens (tertiary/aromatic N) is 3. The second-order valence-corrected chi connectivity index (χ2v) is 2.57. The number of halogens is 1. The average Bonchev–Trinajstić information content (AvgIpc) is 2.22. The van der Waals surface area contributed by atoms with Gasteiger partial charge in [-0.25, -0.2) is 14.4 Å². The third-order valence-corrected chi connectivity index (χ3v) is 1.55. The third kappa shape index (κ3) is 2.71. The molecule has 1 unspecified atom stereocenters. The van der Waals surface area contributed by atoms with Crippen molar-refractivity contribution >= 4 is 5.97 Å². The summed E-state index contributed by atoms with van der Waals surface area (Å²) in [5.41, 5.74) is 0. The molecule has 0 saturated heterocycles. The highest BCUT2D eigenvalue weighted by Crippen LogP contribution is 2.11. The van der Waals surface area contributed by atoms with E-state index in [0.29, 0.717) is 0 Å². The van der Waals surface area contributed by atoms with Crippen LogP contribution in [0.4, 0.5) is 4.39 Å². The monoisotopic (exact) mass is 209 g/mol. The molecule has 0 amide bonds. The Morgan fingerprint density at radius 2 is 2.27 bits per heavy atom. The Labute approximate surface area is 85.5 Å². The standard InChI is InChI=1S/C9H8FN3O2/c1-2-15-9(14)7(3-11)8-12-4-6(10)5-13-8/h4-5,7H,2H2,1H3. The molecule has 0 fully saturated rings. The summed E-state index contributed by atoms with van der Waals surface area (Å²) in [7, 11) is 0. The van der Waals surface area contributed by atoms with E-state index in [1.54, 1.807) is 13.0 Å². The Kier molecular flexibility index (Phi) is 3.68. The number of ether oxygens (including phenoxy) is 1. The van der Waals surface area contributed by atoms with Crippen molar-refractivity contribution in [3.8, 4) is 6.07 Å². The molecule has 1 aromatic heterocycles. The van der Waals surface area contributed by atoms with Crippen molar-refractivity contribution in [2.45, 2.75) is 12.8 Å². The van der Waals surface area contributed by atoms with Crippen LogP contribution < -0.4 is 0 Å². The molecule has 0 bridgehead atoms. The maximum atomic E-state index is 12.5. The Morgan fingerprint density at radius 3 is 2.73 bits per heavy atom. The largest absolute Gasteiger partial charge is 0.465 e. The van der Waals surface area contributed by atoms with E-state index in [-0.39, 0.29) is 12.4 Å². The summed E-state index contributed by atoms with van der Waals surface area (Å²) < 4.78 is 17.1. The van der Waals surface area contributed by atoms with Crippen LogP contribution in [-0.2, 0) is 9.53 Å². The van der Waals surface area contributed by atoms with E-state index >= 15 is 0 Å². The Morgan fingerprint density at radius 1 is 1.67 bits per heavy atom. The lowest BCUT2D eigenvalue weighted by Crippen LogP contribution is -2.17. The number of carbonyl (C=O) groups is 1. The van der Waals surface area contributed by atoms with Crippen LogP contribution in [0.2, 0.25) is 0 Å². The quantitative estimate of drug-likeness (QED) is 0.688. The van der Waals surface area contributed by atoms with Crippen LogP contribution in [0.3, 0.4) is 0 Å². The van der Waals surface area contributed by atoms with Crippen molar-refractivity contribution in [3.63, 3.8) is 0 Å². The first kappa shape index (κ1) is 11.0. The van der Waals surface area contributed by atoms with Crippen LogP contribution in [0, 0.1) is 17.1 Å². The van der Waals surface area contributed by atoms with E-state index in [1.165, 1.54) is 0 Å². The first-order valence-corrected chi connectivity index (χ1v) is 4.22. The molecule has 0 aliphatic heterocycles. The highest BCUT2D eigenvalue weighted by molar-refractivity contribution is 5.80. The van der Waals surface area contributed by atoms with Gasteiger partial charge in [0.15, 0.2) is 11.6 Å². The van der Waals surface area contributed by atoms with E-state index in [1.807, 2.05) is 0 Å². The number of esters is 1. The maximum absolute atomic E-state index is 12.5. The number of carbonyl (C=O) groups excluding carboxylic acids is 1. The second kappa shape index (κ2) is 5.00. The number of rotatable bonds is 3. The van der Waals surface area contributed by atoms with Gasteiger partial charge in [-0.1, -0.05) is 0 Å². The molecule has 15 heavy (non-hydrogen) atoms. The van der Waals surface area contributed by atoms with Gasteiger partial charge < -0.3 is 4.74 Å². The number of nitriles is 1. The minimum absolute atomic E-state index is 0.0580. The smallest absolute Gasteiger partial charge is 0.331 e. The molecule has 1 aromatic rings. The summed E-state index contributed by atoms with van der Waals surface area (Å²) in [5.74, 6) is -2.62. The van der Waals surface area contributed by atoms with Crippen LogP contribution in [0.5, 0.6) is 0 Å². The maximum Gasteiger partial charge on any atom is 0.331 e. The van der Waals surface area contributed by atoms with E-state index in [0.717, 1.165) is 12.4 Å². The van der Waals surface area contributed by atoms with Gasteiger partial charge in [0.2, 0.25) is 5.92 Å². The van der Waals surface area contributed by atoms with Crippen LogP contribution in [0.15, 0.2) is 12.4 Å². The highest BCUT2D eigenvalue weighted by atomic mass is 19.1. The summed E-state index contributed by atoms with van der Waals surface area (Å²) in [5, 5.41) is 8.72. The molecule has 0 aliphatic rings. The van der Waals surface area contributed by atoms with Gasteiger partial charge in [0, 0.05) is 0 Å². The van der Waals surface area contributed by atoms with Gasteiger partial charge in [-0.2, -0.15) is 5.26 Å². The molecule has 6 heteroatoms. The minimum Gasteiger partial charge on any atom is -0.465 e. The summed E-state index contributed by atoms with van der Waals surface area (Å²) in [4.78, 5) is 18.3. The molecule has 1 atom stereocenters. The SMILES string of the molecule is CCOC(=O)C(C#N)c1ncc(F)cn1. The van der Waals surface area contributed by atoms with Gasteiger partial charge in [-0.15, -0.1) is 0 Å². The molecular formula is C9H8FN3O2. The lowest BCUT2D eigenvalue weighted by atomic mass is 10.1. The molecule has 1 rings (SSSR count). The summed E-state index contributed by atoms with van der Waals surface area (Å²) in [6.45, 7) is 1.79. The molecule has 0 radical (unpaired) electrons. The van der Waals surface area contributed by atoms with Crippen molar-refractivity contribution in [2.24, 2.45) is 0 Å². The van der Waals surface area contributed by atoms with Gasteiger partial charge >= 0.3 is 5.97 Å². The van der Waals surface area contributed by atoms with E-state index in [2.05, 4.69) is 14.7 Å². The summed E-state index contributed by atoms with van der Waals surface area (Å²) >= 11 is 0. The van der Waals surface area contributed by atoms with Crippen LogP contribution in [0.1, 0.15) is 18.7 Å². The zero-order valence-electron chi connectivity index (χ0n) is 7.98. The molecule has 0 N–H and O–H groups in total. The molecule has 0 aromatic carbocycles. The van der Waals surface area contributed by atoms with Gasteiger partial charge in [0.25, 0.3) is 0 Å². The zero-order chi connectivity index (χ0) is 11.3. The number of aromatic nitrogens is 2. The first-order valence-electron chi connectivity index (χ1n) is 4.22. The Balaban J connectivity index is 2.89. The van der Waals surface area contributed by atoms with Crippen molar-refractivity contribution in [2.75, 3.05) is 6.61 Å². The van der Waals surface area contributed by atoms with Gasteiger partial charge in [0.1, 0.15) is 0 Å². The lowest BCUT2D eigenvalue weighted by molar-refractivity contribution is -0.143. The van der Waals surface area contributed by atoms with Crippen LogP contribution in [-0.4, -0.2) is 22.5 Å². The fourth-order valence-corrected chi connectivity index (χ4v) is 0.913. The second-order valence-electron chi connectivity index (χ2n) is 2.57. The third-order valence-electron chi connectivity index (χ3n) is 1.55. The van der Waals surface area contributed by atoms with E-state index in [9.17, 15) is 9.18 Å². The van der Waals surface area contributed by atoms with Crippen LogP contribution >= 0.6 is 0 Å². The molecule has 1 heterocycles. The predicted molar refractivity (Wildman–Crippen MR) is 47.0 cm³/mol.